The average Bonchev–Trinajstić information content (AvgIpc) is 2.97. The van der Waals surface area contributed by atoms with Crippen molar-refractivity contribution in [2.24, 2.45) is 0 Å². The summed E-state index contributed by atoms with van der Waals surface area (Å²) in [5, 5.41) is 3.51. The van der Waals surface area contributed by atoms with Gasteiger partial charge in [-0.15, -0.1) is 0 Å². The first kappa shape index (κ1) is 15.3. The van der Waals surface area contributed by atoms with Crippen LogP contribution in [0.5, 0.6) is 0 Å². The Bertz CT molecular complexity index is 407. The summed E-state index contributed by atoms with van der Waals surface area (Å²) in [6, 6.07) is 7.16. The van der Waals surface area contributed by atoms with Gasteiger partial charge in [0, 0.05) is 38.0 Å². The van der Waals surface area contributed by atoms with Crippen LogP contribution in [0.3, 0.4) is 0 Å². The van der Waals surface area contributed by atoms with E-state index in [1.807, 2.05) is 6.07 Å². The summed E-state index contributed by atoms with van der Waals surface area (Å²) in [4.78, 5) is 2.18. The molecule has 1 aliphatic heterocycles. The van der Waals surface area contributed by atoms with Gasteiger partial charge in [0.1, 0.15) is 5.82 Å². The van der Waals surface area contributed by atoms with Crippen LogP contribution in [0.4, 0.5) is 10.1 Å². The van der Waals surface area contributed by atoms with Crippen LogP contribution in [0, 0.1) is 5.82 Å². The van der Waals surface area contributed by atoms with Gasteiger partial charge in [-0.25, -0.2) is 4.39 Å². The van der Waals surface area contributed by atoms with E-state index in [2.05, 4.69) is 24.1 Å². The predicted molar refractivity (Wildman–Crippen MR) is 80.7 cm³/mol. The minimum Gasteiger partial charge on any atom is -0.377 e. The highest BCUT2D eigenvalue weighted by Gasteiger charge is 2.21. The number of nitrogens with zero attached hydrogens (tertiary/aromatic N) is 1. The lowest BCUT2D eigenvalue weighted by Gasteiger charge is -2.26. The molecule has 1 saturated heterocycles. The Hall–Kier alpha value is -1.13. The van der Waals surface area contributed by atoms with Crippen molar-refractivity contribution >= 4 is 5.69 Å². The predicted octanol–water partition coefficient (Wildman–Crippen LogP) is 2.81. The van der Waals surface area contributed by atoms with Crippen molar-refractivity contribution in [3.8, 4) is 0 Å². The number of hydrogen-bond acceptors (Lipinski definition) is 3. The zero-order valence-corrected chi connectivity index (χ0v) is 12.4. The average molecular weight is 280 g/mol. The summed E-state index contributed by atoms with van der Waals surface area (Å²) in [6.07, 6.45) is 2.66. The van der Waals surface area contributed by atoms with Gasteiger partial charge in [0.25, 0.3) is 0 Å². The maximum absolute atomic E-state index is 13.3. The highest BCUT2D eigenvalue weighted by atomic mass is 19.1. The lowest BCUT2D eigenvalue weighted by molar-refractivity contribution is 0.0841. The zero-order chi connectivity index (χ0) is 14.4. The van der Waals surface area contributed by atoms with Crippen molar-refractivity contribution in [3.63, 3.8) is 0 Å². The molecule has 1 aromatic rings. The molecule has 2 atom stereocenters. The first-order valence-electron chi connectivity index (χ1n) is 7.56. The topological polar surface area (TPSA) is 24.5 Å². The molecule has 1 heterocycles. The smallest absolute Gasteiger partial charge is 0.125 e. The third-order valence-corrected chi connectivity index (χ3v) is 3.93. The fourth-order valence-corrected chi connectivity index (χ4v) is 2.70. The van der Waals surface area contributed by atoms with Crippen molar-refractivity contribution in [2.75, 3.05) is 31.1 Å². The van der Waals surface area contributed by atoms with Gasteiger partial charge in [-0.2, -0.15) is 0 Å². The van der Waals surface area contributed by atoms with E-state index < -0.39 is 0 Å². The van der Waals surface area contributed by atoms with E-state index in [-0.39, 0.29) is 5.82 Å². The molecule has 0 bridgehead atoms. The van der Waals surface area contributed by atoms with E-state index in [9.17, 15) is 4.39 Å². The molecule has 1 fully saturated rings. The first-order chi connectivity index (χ1) is 9.70. The Labute approximate surface area is 121 Å². The van der Waals surface area contributed by atoms with Crippen LogP contribution < -0.4 is 10.2 Å². The van der Waals surface area contributed by atoms with E-state index >= 15 is 0 Å². The number of likely N-dealkylation sites (N-methyl/N-ethyl adjacent to an activating group) is 1. The molecule has 3 nitrogen and oxygen atoms in total. The van der Waals surface area contributed by atoms with E-state index in [0.717, 1.165) is 38.3 Å². The summed E-state index contributed by atoms with van der Waals surface area (Å²) < 4.78 is 18.9. The van der Waals surface area contributed by atoms with Gasteiger partial charge < -0.3 is 15.0 Å². The molecule has 1 N–H and O–H groups in total. The van der Waals surface area contributed by atoms with E-state index in [1.54, 1.807) is 12.1 Å². The zero-order valence-electron chi connectivity index (χ0n) is 12.4. The van der Waals surface area contributed by atoms with Crippen LogP contribution in [-0.2, 0) is 4.74 Å². The van der Waals surface area contributed by atoms with Gasteiger partial charge in [-0.1, -0.05) is 6.07 Å². The Morgan fingerprint density at radius 2 is 2.35 bits per heavy atom. The first-order valence-corrected chi connectivity index (χ1v) is 7.56. The number of halogens is 1. The number of rotatable bonds is 7. The second-order valence-corrected chi connectivity index (χ2v) is 5.35. The molecule has 1 aromatic carbocycles. The molecule has 0 aromatic heterocycles. The standard InChI is InChI=1S/C16H25FN2O/c1-3-19(15-7-4-6-14(17)12-15)10-9-18-13(2)16-8-5-11-20-16/h4,6-7,12-13,16,18H,3,5,8-11H2,1-2H3. The second kappa shape index (κ2) is 7.60. The third-order valence-electron chi connectivity index (χ3n) is 3.93. The van der Waals surface area contributed by atoms with E-state index in [0.29, 0.717) is 12.1 Å². The van der Waals surface area contributed by atoms with Crippen molar-refractivity contribution in [1.29, 1.82) is 0 Å². The summed E-state index contributed by atoms with van der Waals surface area (Å²) >= 11 is 0. The number of anilines is 1. The minimum atomic E-state index is -0.179. The number of hydrogen-bond donors (Lipinski definition) is 1. The maximum atomic E-state index is 13.3. The summed E-state index contributed by atoms with van der Waals surface area (Å²) in [7, 11) is 0. The van der Waals surface area contributed by atoms with Crippen molar-refractivity contribution in [1.82, 2.24) is 5.32 Å². The molecule has 2 rings (SSSR count). The van der Waals surface area contributed by atoms with Crippen LogP contribution in [0.15, 0.2) is 24.3 Å². The minimum absolute atomic E-state index is 0.179. The molecule has 0 saturated carbocycles. The summed E-state index contributed by atoms with van der Waals surface area (Å²) in [6.45, 7) is 7.78. The van der Waals surface area contributed by atoms with Gasteiger partial charge in [-0.3, -0.25) is 0 Å². The Balaban J connectivity index is 1.79. The molecule has 0 aliphatic carbocycles. The van der Waals surface area contributed by atoms with Crippen molar-refractivity contribution in [3.05, 3.63) is 30.1 Å². The number of ether oxygens (including phenoxy) is 1. The highest BCUT2D eigenvalue weighted by molar-refractivity contribution is 5.46. The van der Waals surface area contributed by atoms with Gasteiger partial charge in [0.15, 0.2) is 0 Å². The normalized spacial score (nSPS) is 20.1. The molecule has 0 spiro atoms. The summed E-state index contributed by atoms with van der Waals surface area (Å²) in [5.74, 6) is -0.179. The highest BCUT2D eigenvalue weighted by Crippen LogP contribution is 2.16. The van der Waals surface area contributed by atoms with Crippen LogP contribution in [-0.4, -0.2) is 38.4 Å². The quantitative estimate of drug-likeness (QED) is 0.831. The largest absolute Gasteiger partial charge is 0.377 e. The van der Waals surface area contributed by atoms with Gasteiger partial charge in [-0.05, 0) is 44.9 Å². The van der Waals surface area contributed by atoms with Crippen molar-refractivity contribution in [2.45, 2.75) is 38.8 Å². The summed E-state index contributed by atoms with van der Waals surface area (Å²) in [5.41, 5.74) is 0.944. The molecular weight excluding hydrogens is 255 g/mol. The van der Waals surface area contributed by atoms with Crippen LogP contribution in [0.1, 0.15) is 26.7 Å². The molecule has 1 aliphatic rings. The molecule has 20 heavy (non-hydrogen) atoms. The molecule has 2 unspecified atom stereocenters. The molecule has 0 radical (unpaired) electrons. The molecule has 112 valence electrons. The Kier molecular flexibility index (Phi) is 5.80. The van der Waals surface area contributed by atoms with Crippen LogP contribution in [0.2, 0.25) is 0 Å². The van der Waals surface area contributed by atoms with Gasteiger partial charge in [0.05, 0.1) is 6.10 Å². The number of nitrogens with one attached hydrogen (secondary N) is 1. The monoisotopic (exact) mass is 280 g/mol. The SMILES string of the molecule is CCN(CCNC(C)C1CCCO1)c1cccc(F)c1. The van der Waals surface area contributed by atoms with Gasteiger partial charge in [0.2, 0.25) is 0 Å². The second-order valence-electron chi connectivity index (χ2n) is 5.35. The van der Waals surface area contributed by atoms with E-state index in [1.165, 1.54) is 12.5 Å². The third kappa shape index (κ3) is 4.18. The Morgan fingerprint density at radius 3 is 3.00 bits per heavy atom. The van der Waals surface area contributed by atoms with Crippen LogP contribution >= 0.6 is 0 Å². The fourth-order valence-electron chi connectivity index (χ4n) is 2.70. The fraction of sp³-hybridized carbons (Fsp3) is 0.625. The van der Waals surface area contributed by atoms with Crippen LogP contribution in [0.25, 0.3) is 0 Å². The Morgan fingerprint density at radius 1 is 1.50 bits per heavy atom. The molecule has 4 heteroatoms. The van der Waals surface area contributed by atoms with Crippen molar-refractivity contribution < 1.29 is 9.13 Å². The lowest BCUT2D eigenvalue weighted by Crippen LogP contribution is -2.41. The number of benzene rings is 1. The molecular formula is C16H25FN2O. The molecule has 0 amide bonds. The lowest BCUT2D eigenvalue weighted by atomic mass is 10.1. The van der Waals surface area contributed by atoms with E-state index in [4.69, 9.17) is 4.74 Å². The van der Waals surface area contributed by atoms with Gasteiger partial charge >= 0.3 is 0 Å². The maximum Gasteiger partial charge on any atom is 0.125 e.